The lowest BCUT2D eigenvalue weighted by molar-refractivity contribution is 0.102. The summed E-state index contributed by atoms with van der Waals surface area (Å²) in [6, 6.07) is 15.5. The number of nitrogens with zero attached hydrogens (tertiary/aromatic N) is 2. The van der Waals surface area contributed by atoms with Crippen molar-refractivity contribution in [3.63, 3.8) is 0 Å². The van der Waals surface area contributed by atoms with E-state index in [0.717, 1.165) is 35.5 Å². The second-order valence-electron chi connectivity index (χ2n) is 6.22. The highest BCUT2D eigenvalue weighted by molar-refractivity contribution is 6.04. The summed E-state index contributed by atoms with van der Waals surface area (Å²) in [7, 11) is 0. The van der Waals surface area contributed by atoms with Gasteiger partial charge in [-0.2, -0.15) is 0 Å². The fraction of sp³-hybridized carbons (Fsp3) is 0.200. The highest BCUT2D eigenvalue weighted by atomic mass is 16.1. The van der Waals surface area contributed by atoms with Crippen LogP contribution in [0.25, 0.3) is 11.3 Å². The van der Waals surface area contributed by atoms with Crippen LogP contribution in [0.5, 0.6) is 0 Å². The number of anilines is 1. The lowest BCUT2D eigenvalue weighted by Crippen LogP contribution is -2.11. The fourth-order valence-electron chi connectivity index (χ4n) is 3.20. The molecule has 1 N–H and O–H groups in total. The van der Waals surface area contributed by atoms with Crippen LogP contribution in [-0.4, -0.2) is 15.5 Å². The molecule has 24 heavy (non-hydrogen) atoms. The van der Waals surface area contributed by atoms with Crippen molar-refractivity contribution in [2.75, 3.05) is 5.32 Å². The first kappa shape index (κ1) is 14.7. The molecule has 1 aromatic heterocycles. The number of carbonyl (C=O) groups is 1. The maximum atomic E-state index is 12.3. The minimum absolute atomic E-state index is 0.0864. The summed E-state index contributed by atoms with van der Waals surface area (Å²) in [5.41, 5.74) is 4.83. The number of carbonyl (C=O) groups excluding carboxylic acids is 1. The van der Waals surface area contributed by atoms with E-state index in [0.29, 0.717) is 5.56 Å². The molecule has 4 heteroatoms. The van der Waals surface area contributed by atoms with Gasteiger partial charge >= 0.3 is 0 Å². The number of benzene rings is 2. The van der Waals surface area contributed by atoms with Crippen LogP contribution in [0.2, 0.25) is 0 Å². The zero-order valence-corrected chi connectivity index (χ0v) is 13.6. The van der Waals surface area contributed by atoms with Gasteiger partial charge in [-0.1, -0.05) is 29.8 Å². The molecule has 0 unspecified atom stereocenters. The van der Waals surface area contributed by atoms with Crippen molar-refractivity contribution >= 4 is 11.6 Å². The van der Waals surface area contributed by atoms with Crippen molar-refractivity contribution in [2.45, 2.75) is 26.3 Å². The van der Waals surface area contributed by atoms with Gasteiger partial charge in [0.2, 0.25) is 0 Å². The van der Waals surface area contributed by atoms with E-state index in [1.54, 1.807) is 0 Å². The molecular formula is C20H19N3O. The molecule has 0 bridgehead atoms. The Balaban J connectivity index is 1.53. The molecule has 0 atom stereocenters. The van der Waals surface area contributed by atoms with Gasteiger partial charge in [-0.15, -0.1) is 0 Å². The van der Waals surface area contributed by atoms with Gasteiger partial charge in [0.1, 0.15) is 5.82 Å². The second kappa shape index (κ2) is 5.96. The molecule has 0 aliphatic carbocycles. The van der Waals surface area contributed by atoms with Crippen LogP contribution in [-0.2, 0) is 13.0 Å². The fourth-order valence-corrected chi connectivity index (χ4v) is 3.20. The third-order valence-corrected chi connectivity index (χ3v) is 4.44. The number of hydrogen-bond donors (Lipinski definition) is 1. The van der Waals surface area contributed by atoms with E-state index >= 15 is 0 Å². The van der Waals surface area contributed by atoms with E-state index in [1.165, 1.54) is 12.2 Å². The third kappa shape index (κ3) is 2.71. The topological polar surface area (TPSA) is 46.9 Å². The van der Waals surface area contributed by atoms with E-state index in [4.69, 9.17) is 0 Å². The molecule has 1 aliphatic heterocycles. The highest BCUT2D eigenvalue weighted by Crippen LogP contribution is 2.26. The molecule has 1 amide bonds. The van der Waals surface area contributed by atoms with Crippen molar-refractivity contribution in [3.05, 3.63) is 71.7 Å². The van der Waals surface area contributed by atoms with Gasteiger partial charge in [-0.3, -0.25) is 4.79 Å². The summed E-state index contributed by atoms with van der Waals surface area (Å²) in [6.45, 7) is 3.02. The number of hydrogen-bond acceptors (Lipinski definition) is 2. The maximum absolute atomic E-state index is 12.3. The summed E-state index contributed by atoms with van der Waals surface area (Å²) < 4.78 is 2.28. The molecule has 0 saturated carbocycles. The van der Waals surface area contributed by atoms with Crippen LogP contribution < -0.4 is 5.32 Å². The van der Waals surface area contributed by atoms with Gasteiger partial charge < -0.3 is 9.88 Å². The Bertz CT molecular complexity index is 894. The molecule has 0 saturated heterocycles. The van der Waals surface area contributed by atoms with Gasteiger partial charge in [0.05, 0.1) is 11.9 Å². The van der Waals surface area contributed by atoms with Gasteiger partial charge in [0, 0.05) is 24.2 Å². The van der Waals surface area contributed by atoms with Crippen molar-refractivity contribution in [3.8, 4) is 11.3 Å². The predicted octanol–water partition coefficient (Wildman–Crippen LogP) is 4.06. The molecule has 0 fully saturated rings. The summed E-state index contributed by atoms with van der Waals surface area (Å²) in [4.78, 5) is 16.8. The van der Waals surface area contributed by atoms with E-state index in [1.807, 2.05) is 61.7 Å². The zero-order chi connectivity index (χ0) is 16.5. The maximum Gasteiger partial charge on any atom is 0.255 e. The average Bonchev–Trinajstić information content (AvgIpc) is 3.19. The number of nitrogens with one attached hydrogen (secondary N) is 1. The Kier molecular flexibility index (Phi) is 3.65. The monoisotopic (exact) mass is 317 g/mol. The molecule has 3 aromatic rings. The first-order valence-corrected chi connectivity index (χ1v) is 8.23. The predicted molar refractivity (Wildman–Crippen MR) is 95.1 cm³/mol. The minimum Gasteiger partial charge on any atom is -0.328 e. The Morgan fingerprint density at radius 3 is 2.79 bits per heavy atom. The quantitative estimate of drug-likeness (QED) is 0.792. The summed E-state index contributed by atoms with van der Waals surface area (Å²) in [5, 5.41) is 2.95. The average molecular weight is 317 g/mol. The van der Waals surface area contributed by atoms with Crippen LogP contribution in [0.4, 0.5) is 5.69 Å². The summed E-state index contributed by atoms with van der Waals surface area (Å²) in [5.74, 6) is 1.08. The van der Waals surface area contributed by atoms with Crippen molar-refractivity contribution in [2.24, 2.45) is 0 Å². The molecule has 1 aliphatic rings. The van der Waals surface area contributed by atoms with Gasteiger partial charge in [-0.25, -0.2) is 4.98 Å². The SMILES string of the molecule is Cc1cccc(C(=O)Nc2ccc(-c3cnc4n3CCC4)cc2)c1. The normalized spacial score (nSPS) is 12.9. The Morgan fingerprint density at radius 2 is 2.00 bits per heavy atom. The third-order valence-electron chi connectivity index (χ3n) is 4.44. The number of imidazole rings is 1. The van der Waals surface area contributed by atoms with Gasteiger partial charge in [0.25, 0.3) is 5.91 Å². The van der Waals surface area contributed by atoms with Crippen molar-refractivity contribution < 1.29 is 4.79 Å². The Labute approximate surface area is 141 Å². The van der Waals surface area contributed by atoms with Crippen LogP contribution in [0.1, 0.15) is 28.2 Å². The number of aryl methyl sites for hydroxylation is 2. The van der Waals surface area contributed by atoms with E-state index in [2.05, 4.69) is 14.9 Å². The summed E-state index contributed by atoms with van der Waals surface area (Å²) >= 11 is 0. The first-order chi connectivity index (χ1) is 11.7. The van der Waals surface area contributed by atoms with Crippen molar-refractivity contribution in [1.82, 2.24) is 9.55 Å². The van der Waals surface area contributed by atoms with E-state index in [9.17, 15) is 4.79 Å². The first-order valence-electron chi connectivity index (χ1n) is 8.23. The summed E-state index contributed by atoms with van der Waals surface area (Å²) in [6.07, 6.45) is 4.17. The molecule has 2 aromatic carbocycles. The van der Waals surface area contributed by atoms with Crippen LogP contribution in [0.3, 0.4) is 0 Å². The molecule has 0 radical (unpaired) electrons. The van der Waals surface area contributed by atoms with Gasteiger partial charge in [0.15, 0.2) is 0 Å². The number of amides is 1. The molecule has 4 rings (SSSR count). The van der Waals surface area contributed by atoms with Gasteiger partial charge in [-0.05, 0) is 43.2 Å². The van der Waals surface area contributed by atoms with Crippen LogP contribution >= 0.6 is 0 Å². The Hall–Kier alpha value is -2.88. The number of rotatable bonds is 3. The Morgan fingerprint density at radius 1 is 1.17 bits per heavy atom. The molecule has 4 nitrogen and oxygen atoms in total. The smallest absolute Gasteiger partial charge is 0.255 e. The lowest BCUT2D eigenvalue weighted by Gasteiger charge is -2.08. The molecule has 120 valence electrons. The number of aromatic nitrogens is 2. The molecular weight excluding hydrogens is 298 g/mol. The standard InChI is InChI=1S/C20H19N3O/c1-14-4-2-5-16(12-14)20(24)22-17-9-7-15(8-10-17)18-13-21-19-6-3-11-23(18)19/h2,4-5,7-10,12-13H,3,6,11H2,1H3,(H,22,24). The molecule has 0 spiro atoms. The zero-order valence-electron chi connectivity index (χ0n) is 13.6. The second-order valence-corrected chi connectivity index (χ2v) is 6.22. The highest BCUT2D eigenvalue weighted by Gasteiger charge is 2.16. The minimum atomic E-state index is -0.0864. The van der Waals surface area contributed by atoms with Crippen LogP contribution in [0, 0.1) is 6.92 Å². The van der Waals surface area contributed by atoms with Crippen molar-refractivity contribution in [1.29, 1.82) is 0 Å². The lowest BCUT2D eigenvalue weighted by atomic mass is 10.1. The van der Waals surface area contributed by atoms with Crippen LogP contribution in [0.15, 0.2) is 54.7 Å². The number of fused-ring (bicyclic) bond motifs is 1. The van der Waals surface area contributed by atoms with E-state index in [-0.39, 0.29) is 5.91 Å². The largest absolute Gasteiger partial charge is 0.328 e. The molecule has 2 heterocycles. The van der Waals surface area contributed by atoms with E-state index < -0.39 is 0 Å².